The Balaban J connectivity index is 2.61. The lowest BCUT2D eigenvalue weighted by Crippen LogP contribution is -2.41. The molecular formula is C12H17N3O3. The molecule has 98 valence electrons. The Morgan fingerprint density at radius 2 is 2.17 bits per heavy atom. The topological polar surface area (TPSA) is 82.5 Å². The zero-order chi connectivity index (χ0) is 13.5. The van der Waals surface area contributed by atoms with Crippen molar-refractivity contribution in [3.63, 3.8) is 0 Å². The number of pyridine rings is 1. The Hall–Kier alpha value is -2.11. The van der Waals surface area contributed by atoms with Crippen LogP contribution in [0.25, 0.3) is 0 Å². The van der Waals surface area contributed by atoms with Crippen LogP contribution < -0.4 is 5.32 Å². The van der Waals surface area contributed by atoms with E-state index in [0.29, 0.717) is 13.1 Å². The van der Waals surface area contributed by atoms with Crippen LogP contribution in [0.4, 0.5) is 4.79 Å². The molecule has 0 radical (unpaired) electrons. The lowest BCUT2D eigenvalue weighted by Gasteiger charge is -2.20. The number of hydrogen-bond donors (Lipinski definition) is 2. The molecule has 0 aromatic carbocycles. The van der Waals surface area contributed by atoms with E-state index in [-0.39, 0.29) is 6.54 Å². The molecule has 1 rings (SSSR count). The van der Waals surface area contributed by atoms with Gasteiger partial charge in [0.1, 0.15) is 6.54 Å². The number of aliphatic carboxylic acids is 1. The fourth-order valence-corrected chi connectivity index (χ4v) is 1.47. The summed E-state index contributed by atoms with van der Waals surface area (Å²) in [6.45, 7) is 4.18. The molecule has 6 heteroatoms. The van der Waals surface area contributed by atoms with E-state index < -0.39 is 12.0 Å². The van der Waals surface area contributed by atoms with Crippen LogP contribution in [0, 0.1) is 6.92 Å². The summed E-state index contributed by atoms with van der Waals surface area (Å²) in [5.74, 6) is -1.06. The number of aryl methyl sites for hydroxylation is 1. The van der Waals surface area contributed by atoms with Gasteiger partial charge in [0.15, 0.2) is 0 Å². The Morgan fingerprint density at radius 3 is 2.72 bits per heavy atom. The monoisotopic (exact) mass is 251 g/mol. The zero-order valence-electron chi connectivity index (χ0n) is 10.5. The van der Waals surface area contributed by atoms with Crippen LogP contribution in [0.1, 0.15) is 18.3 Å². The number of carboxylic acids is 1. The minimum absolute atomic E-state index is 0.365. The van der Waals surface area contributed by atoms with Gasteiger partial charge in [-0.25, -0.2) is 4.79 Å². The van der Waals surface area contributed by atoms with E-state index in [4.69, 9.17) is 5.11 Å². The molecule has 0 aliphatic carbocycles. The van der Waals surface area contributed by atoms with Gasteiger partial charge in [-0.2, -0.15) is 0 Å². The quantitative estimate of drug-likeness (QED) is 0.818. The van der Waals surface area contributed by atoms with E-state index in [1.807, 2.05) is 32.0 Å². The van der Waals surface area contributed by atoms with Crippen LogP contribution in [0.3, 0.4) is 0 Å². The molecule has 0 aliphatic heterocycles. The molecule has 6 nitrogen and oxygen atoms in total. The van der Waals surface area contributed by atoms with Crippen LogP contribution in [-0.2, 0) is 11.3 Å². The molecule has 0 unspecified atom stereocenters. The van der Waals surface area contributed by atoms with Gasteiger partial charge in [-0.05, 0) is 26.0 Å². The molecule has 1 aromatic heterocycles. The largest absolute Gasteiger partial charge is 0.480 e. The third-order valence-corrected chi connectivity index (χ3v) is 2.36. The first kappa shape index (κ1) is 14.0. The van der Waals surface area contributed by atoms with Crippen LogP contribution in [0.5, 0.6) is 0 Å². The number of rotatable bonds is 5. The molecule has 1 aromatic rings. The highest BCUT2D eigenvalue weighted by molar-refractivity contribution is 5.79. The first-order valence-electron chi connectivity index (χ1n) is 5.70. The SMILES string of the molecule is CCN(Cc1cccc(C)n1)C(=O)NCC(=O)O. The van der Waals surface area contributed by atoms with Gasteiger partial charge >= 0.3 is 12.0 Å². The zero-order valence-corrected chi connectivity index (χ0v) is 10.5. The summed E-state index contributed by atoms with van der Waals surface area (Å²) in [5.41, 5.74) is 1.66. The van der Waals surface area contributed by atoms with E-state index in [9.17, 15) is 9.59 Å². The molecular weight excluding hydrogens is 234 g/mol. The molecule has 2 amide bonds. The molecule has 0 saturated carbocycles. The van der Waals surface area contributed by atoms with Crippen molar-refractivity contribution in [2.75, 3.05) is 13.1 Å². The third-order valence-electron chi connectivity index (χ3n) is 2.36. The number of urea groups is 1. The fourth-order valence-electron chi connectivity index (χ4n) is 1.47. The minimum Gasteiger partial charge on any atom is -0.480 e. The number of nitrogens with zero attached hydrogens (tertiary/aromatic N) is 2. The van der Waals surface area contributed by atoms with Gasteiger partial charge in [-0.3, -0.25) is 9.78 Å². The van der Waals surface area contributed by atoms with E-state index in [2.05, 4.69) is 10.3 Å². The molecule has 0 bridgehead atoms. The number of carbonyl (C=O) groups is 2. The highest BCUT2D eigenvalue weighted by Gasteiger charge is 2.13. The average Bonchev–Trinajstić information content (AvgIpc) is 2.33. The van der Waals surface area contributed by atoms with Gasteiger partial charge in [0, 0.05) is 12.2 Å². The number of amides is 2. The second-order valence-electron chi connectivity index (χ2n) is 3.84. The lowest BCUT2D eigenvalue weighted by molar-refractivity contribution is -0.135. The summed E-state index contributed by atoms with van der Waals surface area (Å²) < 4.78 is 0. The van der Waals surface area contributed by atoms with Crippen molar-refractivity contribution in [3.8, 4) is 0 Å². The molecule has 2 N–H and O–H groups in total. The van der Waals surface area contributed by atoms with Crippen molar-refractivity contribution in [1.29, 1.82) is 0 Å². The van der Waals surface area contributed by atoms with Crippen molar-refractivity contribution < 1.29 is 14.7 Å². The maximum atomic E-state index is 11.7. The van der Waals surface area contributed by atoms with Crippen molar-refractivity contribution in [3.05, 3.63) is 29.6 Å². The van der Waals surface area contributed by atoms with Gasteiger partial charge in [-0.1, -0.05) is 6.07 Å². The molecule has 0 spiro atoms. The second kappa shape index (κ2) is 6.58. The third kappa shape index (κ3) is 4.40. The normalized spacial score (nSPS) is 9.89. The Kier molecular flexibility index (Phi) is 5.10. The smallest absolute Gasteiger partial charge is 0.323 e. The molecule has 0 atom stereocenters. The van der Waals surface area contributed by atoms with E-state index >= 15 is 0 Å². The number of aromatic nitrogens is 1. The first-order chi connectivity index (χ1) is 8.52. The number of nitrogens with one attached hydrogen (secondary N) is 1. The number of carbonyl (C=O) groups excluding carboxylic acids is 1. The first-order valence-corrected chi connectivity index (χ1v) is 5.70. The standard InChI is InChI=1S/C12H17N3O3/c1-3-15(12(18)13-7-11(16)17)8-10-6-4-5-9(2)14-10/h4-6H,3,7-8H2,1-2H3,(H,13,18)(H,16,17). The highest BCUT2D eigenvalue weighted by atomic mass is 16.4. The molecule has 0 aliphatic rings. The Bertz CT molecular complexity index is 434. The van der Waals surface area contributed by atoms with Crippen LogP contribution in [0.2, 0.25) is 0 Å². The summed E-state index contributed by atoms with van der Waals surface area (Å²) in [4.78, 5) is 27.9. The van der Waals surface area contributed by atoms with Crippen molar-refractivity contribution >= 4 is 12.0 Å². The highest BCUT2D eigenvalue weighted by Crippen LogP contribution is 2.03. The van der Waals surface area contributed by atoms with E-state index in [1.54, 1.807) is 0 Å². The maximum absolute atomic E-state index is 11.7. The number of hydrogen-bond acceptors (Lipinski definition) is 3. The number of carboxylic acid groups (broad SMARTS) is 1. The van der Waals surface area contributed by atoms with Crippen LogP contribution in [0.15, 0.2) is 18.2 Å². The summed E-state index contributed by atoms with van der Waals surface area (Å²) in [5, 5.41) is 10.8. The maximum Gasteiger partial charge on any atom is 0.323 e. The van der Waals surface area contributed by atoms with E-state index in [0.717, 1.165) is 11.4 Å². The van der Waals surface area contributed by atoms with Crippen molar-refractivity contribution in [2.24, 2.45) is 0 Å². The fraction of sp³-hybridized carbons (Fsp3) is 0.417. The minimum atomic E-state index is -1.06. The molecule has 0 fully saturated rings. The van der Waals surface area contributed by atoms with Crippen molar-refractivity contribution in [2.45, 2.75) is 20.4 Å². The molecule has 18 heavy (non-hydrogen) atoms. The average molecular weight is 251 g/mol. The summed E-state index contributed by atoms with van der Waals surface area (Å²) in [6.07, 6.45) is 0. The van der Waals surface area contributed by atoms with Crippen molar-refractivity contribution in [1.82, 2.24) is 15.2 Å². The van der Waals surface area contributed by atoms with Gasteiger partial charge in [0.25, 0.3) is 0 Å². The van der Waals surface area contributed by atoms with Gasteiger partial charge in [-0.15, -0.1) is 0 Å². The van der Waals surface area contributed by atoms with Gasteiger partial charge < -0.3 is 15.3 Å². The lowest BCUT2D eigenvalue weighted by atomic mass is 10.3. The Labute approximate surface area is 106 Å². The molecule has 0 saturated heterocycles. The summed E-state index contributed by atoms with van der Waals surface area (Å²) in [6, 6.07) is 5.19. The predicted molar refractivity (Wildman–Crippen MR) is 66.1 cm³/mol. The Morgan fingerprint density at radius 1 is 1.44 bits per heavy atom. The van der Waals surface area contributed by atoms with Crippen LogP contribution in [-0.4, -0.2) is 40.1 Å². The van der Waals surface area contributed by atoms with E-state index in [1.165, 1.54) is 4.90 Å². The van der Waals surface area contributed by atoms with Crippen LogP contribution >= 0.6 is 0 Å². The van der Waals surface area contributed by atoms with Gasteiger partial charge in [0.2, 0.25) is 0 Å². The van der Waals surface area contributed by atoms with Gasteiger partial charge in [0.05, 0.1) is 12.2 Å². The summed E-state index contributed by atoms with van der Waals surface area (Å²) in [7, 11) is 0. The molecule has 1 heterocycles. The summed E-state index contributed by atoms with van der Waals surface area (Å²) >= 11 is 0. The second-order valence-corrected chi connectivity index (χ2v) is 3.84. The predicted octanol–water partition coefficient (Wildman–Crippen LogP) is 1.01.